The van der Waals surface area contributed by atoms with E-state index in [1.165, 1.54) is 89.0 Å². The Morgan fingerprint density at radius 2 is 0.655 bits per heavy atom. The Balaban J connectivity index is 0.000000562. The predicted octanol–water partition coefficient (Wildman–Crippen LogP) is 16.2. The van der Waals surface area contributed by atoms with E-state index in [1.54, 1.807) is 0 Å². The normalized spacial score (nSPS) is 12.5. The molecule has 0 heterocycles. The van der Waals surface area contributed by atoms with E-state index < -0.39 is 0 Å². The topological polar surface area (TPSA) is 0 Å². The fourth-order valence-electron chi connectivity index (χ4n) is 8.01. The first kappa shape index (κ1) is 54.3. The molecular formula is C56H80W2. The van der Waals surface area contributed by atoms with Crippen LogP contribution in [0.4, 0.5) is 0 Å². The first-order valence-corrected chi connectivity index (χ1v) is 21.6. The van der Waals surface area contributed by atoms with Crippen LogP contribution >= 0.6 is 0 Å². The first-order valence-electron chi connectivity index (χ1n) is 21.6. The molecule has 0 saturated heterocycles. The largest absolute Gasteiger partial charge is 2.00 e. The van der Waals surface area contributed by atoms with E-state index in [9.17, 15) is 0 Å². The summed E-state index contributed by atoms with van der Waals surface area (Å²) in [5, 5.41) is 0. The average Bonchev–Trinajstić information content (AvgIpc) is 3.08. The second kappa shape index (κ2) is 20.0. The summed E-state index contributed by atoms with van der Waals surface area (Å²) in [7, 11) is 0. The van der Waals surface area contributed by atoms with Crippen molar-refractivity contribution in [2.24, 2.45) is 0 Å². The van der Waals surface area contributed by atoms with Crippen molar-refractivity contribution in [2.75, 3.05) is 0 Å². The minimum atomic E-state index is -0.157. The Morgan fingerprint density at radius 3 is 0.897 bits per heavy atom. The molecule has 0 aliphatic heterocycles. The summed E-state index contributed by atoms with van der Waals surface area (Å²) < 4.78 is 0. The number of rotatable bonds is 8. The van der Waals surface area contributed by atoms with Crippen LogP contribution in [0.3, 0.4) is 0 Å². The van der Waals surface area contributed by atoms with Crippen LogP contribution in [0, 0.1) is 65.8 Å². The quantitative estimate of drug-likeness (QED) is 0.154. The molecule has 0 N–H and O–H groups in total. The monoisotopic (exact) mass is 1120 g/mol. The molecule has 0 fully saturated rings. The molecule has 0 spiro atoms. The maximum atomic E-state index is 3.85. The molecule has 0 saturated carbocycles. The fraction of sp³-hybridized carbons (Fsp3) is 0.571. The molecule has 316 valence electrons. The Kier molecular flexibility index (Phi) is 18.7. The van der Waals surface area contributed by atoms with Crippen LogP contribution in [0.15, 0.2) is 24.3 Å². The van der Waals surface area contributed by atoms with Gasteiger partial charge in [0, 0.05) is 0 Å². The number of benzene rings is 4. The second-order valence-corrected chi connectivity index (χ2v) is 21.4. The molecule has 0 unspecified atom stereocenters. The summed E-state index contributed by atoms with van der Waals surface area (Å²) in [4.78, 5) is 0. The molecule has 0 bridgehead atoms. The minimum absolute atomic E-state index is 0. The molecule has 0 nitrogen and oxygen atoms in total. The Morgan fingerprint density at radius 1 is 0.362 bits per heavy atom. The van der Waals surface area contributed by atoms with Gasteiger partial charge in [-0.2, -0.15) is 138 Å². The Bertz CT molecular complexity index is 1870. The van der Waals surface area contributed by atoms with Gasteiger partial charge in [-0.15, -0.1) is 0 Å². The summed E-state index contributed by atoms with van der Waals surface area (Å²) in [5.41, 5.74) is 21.6. The third kappa shape index (κ3) is 11.8. The van der Waals surface area contributed by atoms with Crippen molar-refractivity contribution in [1.29, 1.82) is 0 Å². The van der Waals surface area contributed by atoms with Crippen molar-refractivity contribution >= 4 is 0 Å². The summed E-state index contributed by atoms with van der Waals surface area (Å²) in [6, 6.07) is 24.7. The smallest absolute Gasteiger partial charge is 0.176 e. The molecular weight excluding hydrogens is 1040 g/mol. The predicted molar refractivity (Wildman–Crippen MR) is 248 cm³/mol. The third-order valence-electron chi connectivity index (χ3n) is 12.8. The molecule has 4 aromatic rings. The minimum Gasteiger partial charge on any atom is -0.176 e. The van der Waals surface area contributed by atoms with Gasteiger partial charge >= 0.3 is 42.1 Å². The van der Waals surface area contributed by atoms with Crippen LogP contribution in [0.2, 0.25) is 0 Å². The van der Waals surface area contributed by atoms with E-state index >= 15 is 0 Å². The maximum absolute atomic E-state index is 3.85. The summed E-state index contributed by atoms with van der Waals surface area (Å²) in [5.74, 6) is 1.88. The standard InChI is InChI=1S/C29H42.C27H38.2W/c1-19(2)21-13-23(27(5,6)7)17-25(15-21)29(11,12)26-16-22(20(3)4)14-24(18-26)28(8,9)10;1-15(2)23-13-25(21(9)17(5)19(23)7)27(11,12)26-14-24(16(3)4)20(8)18(6)22(26)10;;/h13-14,17-20H,1-12H3;15-16H,1-12H3;;/q2*-2;2*+2. The molecule has 0 radical (unpaired) electrons. The zero-order valence-corrected chi connectivity index (χ0v) is 47.3. The van der Waals surface area contributed by atoms with Gasteiger partial charge in [-0.25, -0.2) is 0 Å². The molecule has 4 rings (SSSR count). The molecule has 58 heavy (non-hydrogen) atoms. The van der Waals surface area contributed by atoms with Crippen molar-refractivity contribution in [3.8, 4) is 0 Å². The zero-order chi connectivity index (χ0) is 43.2. The van der Waals surface area contributed by atoms with E-state index in [1.807, 2.05) is 0 Å². The van der Waals surface area contributed by atoms with E-state index in [0.717, 1.165) is 0 Å². The van der Waals surface area contributed by atoms with Crippen molar-refractivity contribution in [2.45, 2.75) is 212 Å². The molecule has 0 atom stereocenters. The first-order chi connectivity index (χ1) is 25.3. The zero-order valence-electron chi connectivity index (χ0n) is 41.4. The fourth-order valence-corrected chi connectivity index (χ4v) is 8.01. The van der Waals surface area contributed by atoms with E-state index in [0.29, 0.717) is 23.7 Å². The van der Waals surface area contributed by atoms with Crippen molar-refractivity contribution in [3.63, 3.8) is 0 Å². The molecule has 0 aliphatic rings. The van der Waals surface area contributed by atoms with Gasteiger partial charge < -0.3 is 0 Å². The van der Waals surface area contributed by atoms with E-state index in [-0.39, 0.29) is 63.8 Å². The van der Waals surface area contributed by atoms with E-state index in [4.69, 9.17) is 0 Å². The molecule has 0 amide bonds. The van der Waals surface area contributed by atoms with Crippen LogP contribution in [-0.2, 0) is 63.8 Å². The van der Waals surface area contributed by atoms with Gasteiger partial charge in [-0.3, -0.25) is 0 Å². The van der Waals surface area contributed by atoms with Crippen LogP contribution in [0.5, 0.6) is 0 Å². The summed E-state index contributed by atoms with van der Waals surface area (Å²) >= 11 is 0. The third-order valence-corrected chi connectivity index (χ3v) is 12.8. The van der Waals surface area contributed by atoms with Gasteiger partial charge in [0.05, 0.1) is 0 Å². The van der Waals surface area contributed by atoms with Gasteiger partial charge in [-0.05, 0) is 45.3 Å². The Hall–Kier alpha value is -1.74. The SMILES string of the molecule is CC(C)c1[c-]c(C(C)(C)c2[c-]c(C(C)C)cc(C(C)(C)C)c2)cc(C(C)(C)C)c1.Cc1c(C(C)C)[c-]c(C(C)(C)c2[c-]c(C(C)C)c(C)c(C)c2C)c(C)c1C.[W+2].[W+2]. The van der Waals surface area contributed by atoms with Gasteiger partial charge in [0.15, 0.2) is 0 Å². The summed E-state index contributed by atoms with van der Waals surface area (Å²) in [6.45, 7) is 54.8. The van der Waals surface area contributed by atoms with Crippen LogP contribution in [0.25, 0.3) is 0 Å². The molecule has 0 aliphatic carbocycles. The average molecular weight is 1120 g/mol. The molecule has 2 heteroatoms. The maximum Gasteiger partial charge on any atom is 2.00 e. The second-order valence-electron chi connectivity index (χ2n) is 21.4. The molecule has 0 aromatic heterocycles. The number of hydrogen-bond donors (Lipinski definition) is 0. The van der Waals surface area contributed by atoms with Gasteiger partial charge in [0.1, 0.15) is 0 Å². The van der Waals surface area contributed by atoms with Gasteiger partial charge in [-0.1, -0.05) is 166 Å². The van der Waals surface area contributed by atoms with Crippen LogP contribution in [-0.4, -0.2) is 0 Å². The molecule has 4 aromatic carbocycles. The van der Waals surface area contributed by atoms with Crippen LogP contribution in [0.1, 0.15) is 237 Å². The van der Waals surface area contributed by atoms with Gasteiger partial charge in [0.2, 0.25) is 0 Å². The van der Waals surface area contributed by atoms with Crippen LogP contribution < -0.4 is 0 Å². The Labute approximate surface area is 388 Å². The van der Waals surface area contributed by atoms with Gasteiger partial charge in [0.25, 0.3) is 0 Å². The van der Waals surface area contributed by atoms with Crippen molar-refractivity contribution in [1.82, 2.24) is 0 Å². The number of hydrogen-bond acceptors (Lipinski definition) is 0. The van der Waals surface area contributed by atoms with E-state index in [2.05, 4.69) is 215 Å². The summed E-state index contributed by atoms with van der Waals surface area (Å²) in [6.07, 6.45) is 0. The van der Waals surface area contributed by atoms with Crippen molar-refractivity contribution in [3.05, 3.63) is 138 Å². The van der Waals surface area contributed by atoms with Crippen molar-refractivity contribution < 1.29 is 42.1 Å².